The number of rotatable bonds is 3. The lowest BCUT2D eigenvalue weighted by Crippen LogP contribution is -2.21. The van der Waals surface area contributed by atoms with Gasteiger partial charge in [0.1, 0.15) is 4.34 Å². The molecular formula is C12H9Cl2NOS. The SMILES string of the molecule is O=C(NCc1ccccc1)c1cc(Cl)c(Cl)s1. The average molecular weight is 286 g/mol. The molecule has 1 N–H and O–H groups in total. The smallest absolute Gasteiger partial charge is 0.261 e. The molecule has 1 heterocycles. The molecule has 0 unspecified atom stereocenters. The van der Waals surface area contributed by atoms with Crippen molar-refractivity contribution in [3.05, 3.63) is 56.2 Å². The van der Waals surface area contributed by atoms with Crippen LogP contribution in [0.4, 0.5) is 0 Å². The van der Waals surface area contributed by atoms with E-state index in [0.29, 0.717) is 20.8 Å². The van der Waals surface area contributed by atoms with Crippen LogP contribution in [0.2, 0.25) is 9.36 Å². The minimum atomic E-state index is -0.160. The highest BCUT2D eigenvalue weighted by atomic mass is 35.5. The van der Waals surface area contributed by atoms with E-state index < -0.39 is 0 Å². The van der Waals surface area contributed by atoms with Crippen molar-refractivity contribution < 1.29 is 4.79 Å². The van der Waals surface area contributed by atoms with Crippen molar-refractivity contribution in [2.24, 2.45) is 0 Å². The summed E-state index contributed by atoms with van der Waals surface area (Å²) in [7, 11) is 0. The van der Waals surface area contributed by atoms with E-state index >= 15 is 0 Å². The predicted octanol–water partition coefficient (Wildman–Crippen LogP) is 3.98. The first-order chi connectivity index (χ1) is 8.16. The van der Waals surface area contributed by atoms with Crippen LogP contribution >= 0.6 is 34.5 Å². The van der Waals surface area contributed by atoms with E-state index in [2.05, 4.69) is 5.32 Å². The average Bonchev–Trinajstić information content (AvgIpc) is 2.68. The molecule has 2 nitrogen and oxygen atoms in total. The van der Waals surface area contributed by atoms with E-state index in [1.165, 1.54) is 11.3 Å². The fraction of sp³-hybridized carbons (Fsp3) is 0.0833. The van der Waals surface area contributed by atoms with E-state index in [1.54, 1.807) is 6.07 Å². The van der Waals surface area contributed by atoms with Gasteiger partial charge in [-0.1, -0.05) is 53.5 Å². The zero-order chi connectivity index (χ0) is 12.3. The normalized spacial score (nSPS) is 10.2. The Morgan fingerprint density at radius 3 is 2.53 bits per heavy atom. The van der Waals surface area contributed by atoms with Gasteiger partial charge in [-0.15, -0.1) is 11.3 Å². The highest BCUT2D eigenvalue weighted by Gasteiger charge is 2.11. The third kappa shape index (κ3) is 3.22. The Kier molecular flexibility index (Phi) is 4.05. The fourth-order valence-corrected chi connectivity index (χ4v) is 2.61. The van der Waals surface area contributed by atoms with Gasteiger partial charge in [-0.2, -0.15) is 0 Å². The van der Waals surface area contributed by atoms with E-state index in [-0.39, 0.29) is 5.91 Å². The Morgan fingerprint density at radius 1 is 1.24 bits per heavy atom. The monoisotopic (exact) mass is 285 g/mol. The molecule has 0 bridgehead atoms. The van der Waals surface area contributed by atoms with E-state index in [0.717, 1.165) is 5.56 Å². The number of benzene rings is 1. The summed E-state index contributed by atoms with van der Waals surface area (Å²) in [6.45, 7) is 0.493. The van der Waals surface area contributed by atoms with Crippen LogP contribution in [0, 0.1) is 0 Å². The molecule has 88 valence electrons. The quantitative estimate of drug-likeness (QED) is 0.908. The molecule has 0 aliphatic rings. The number of amides is 1. The van der Waals surface area contributed by atoms with Crippen LogP contribution in [0.15, 0.2) is 36.4 Å². The summed E-state index contributed by atoms with van der Waals surface area (Å²) in [5.41, 5.74) is 1.05. The summed E-state index contributed by atoms with van der Waals surface area (Å²) in [6.07, 6.45) is 0. The van der Waals surface area contributed by atoms with Gasteiger partial charge >= 0.3 is 0 Å². The topological polar surface area (TPSA) is 29.1 Å². The van der Waals surface area contributed by atoms with Crippen molar-refractivity contribution in [3.63, 3.8) is 0 Å². The zero-order valence-electron chi connectivity index (χ0n) is 8.74. The molecule has 0 saturated carbocycles. The van der Waals surface area contributed by atoms with Gasteiger partial charge in [-0.05, 0) is 11.6 Å². The van der Waals surface area contributed by atoms with Crippen LogP contribution in [0.5, 0.6) is 0 Å². The second-order valence-corrected chi connectivity index (χ2v) is 5.46. The zero-order valence-corrected chi connectivity index (χ0v) is 11.1. The van der Waals surface area contributed by atoms with Gasteiger partial charge in [0.25, 0.3) is 5.91 Å². The van der Waals surface area contributed by atoms with Crippen LogP contribution in [0.3, 0.4) is 0 Å². The standard InChI is InChI=1S/C12H9Cl2NOS/c13-9-6-10(17-11(9)14)12(16)15-7-8-4-2-1-3-5-8/h1-6H,7H2,(H,15,16). The Labute approximate surface area is 113 Å². The van der Waals surface area contributed by atoms with E-state index in [4.69, 9.17) is 23.2 Å². The molecule has 1 aromatic carbocycles. The van der Waals surface area contributed by atoms with Crippen LogP contribution in [-0.4, -0.2) is 5.91 Å². The van der Waals surface area contributed by atoms with Crippen LogP contribution < -0.4 is 5.32 Å². The second kappa shape index (κ2) is 5.54. The van der Waals surface area contributed by atoms with Gasteiger partial charge in [0, 0.05) is 6.54 Å². The number of halogens is 2. The number of hydrogen-bond donors (Lipinski definition) is 1. The van der Waals surface area contributed by atoms with Gasteiger partial charge < -0.3 is 5.32 Å². The maximum atomic E-state index is 11.8. The van der Waals surface area contributed by atoms with Crippen molar-refractivity contribution in [2.45, 2.75) is 6.54 Å². The molecule has 0 aliphatic carbocycles. The first kappa shape index (κ1) is 12.4. The lowest BCUT2D eigenvalue weighted by molar-refractivity contribution is 0.0955. The summed E-state index contributed by atoms with van der Waals surface area (Å²) in [5.74, 6) is -0.160. The van der Waals surface area contributed by atoms with Crippen LogP contribution in [0.25, 0.3) is 0 Å². The Bertz CT molecular complexity index is 505. The highest BCUT2D eigenvalue weighted by molar-refractivity contribution is 7.18. The summed E-state index contributed by atoms with van der Waals surface area (Å²) in [6, 6.07) is 11.3. The molecule has 0 fully saturated rings. The first-order valence-corrected chi connectivity index (χ1v) is 6.51. The van der Waals surface area contributed by atoms with Gasteiger partial charge in [0.15, 0.2) is 0 Å². The number of carbonyl (C=O) groups is 1. The highest BCUT2D eigenvalue weighted by Crippen LogP contribution is 2.31. The molecule has 17 heavy (non-hydrogen) atoms. The molecular weight excluding hydrogens is 277 g/mol. The summed E-state index contributed by atoms with van der Waals surface area (Å²) in [5, 5.41) is 3.23. The molecule has 0 saturated heterocycles. The molecule has 0 aliphatic heterocycles. The van der Waals surface area contributed by atoms with Gasteiger partial charge in [-0.3, -0.25) is 4.79 Å². The minimum Gasteiger partial charge on any atom is -0.347 e. The Hall–Kier alpha value is -1.03. The second-order valence-electron chi connectivity index (χ2n) is 3.40. The molecule has 5 heteroatoms. The predicted molar refractivity (Wildman–Crippen MR) is 72.0 cm³/mol. The maximum Gasteiger partial charge on any atom is 0.261 e. The minimum absolute atomic E-state index is 0.160. The molecule has 1 aromatic heterocycles. The maximum absolute atomic E-state index is 11.8. The first-order valence-electron chi connectivity index (χ1n) is 4.94. The van der Waals surface area contributed by atoms with E-state index in [1.807, 2.05) is 30.3 Å². The lowest BCUT2D eigenvalue weighted by atomic mass is 10.2. The van der Waals surface area contributed by atoms with Gasteiger partial charge in [0.2, 0.25) is 0 Å². The number of hydrogen-bond acceptors (Lipinski definition) is 2. The molecule has 1 amide bonds. The summed E-state index contributed by atoms with van der Waals surface area (Å²) >= 11 is 12.8. The molecule has 0 spiro atoms. The van der Waals surface area contributed by atoms with Crippen molar-refractivity contribution in [2.75, 3.05) is 0 Å². The van der Waals surface area contributed by atoms with Gasteiger partial charge in [-0.25, -0.2) is 0 Å². The summed E-state index contributed by atoms with van der Waals surface area (Å²) in [4.78, 5) is 12.3. The van der Waals surface area contributed by atoms with Crippen LogP contribution in [-0.2, 0) is 6.54 Å². The number of nitrogens with one attached hydrogen (secondary N) is 1. The molecule has 0 radical (unpaired) electrons. The van der Waals surface area contributed by atoms with Crippen LogP contribution in [0.1, 0.15) is 15.2 Å². The number of carbonyl (C=O) groups excluding carboxylic acids is 1. The van der Waals surface area contributed by atoms with E-state index in [9.17, 15) is 4.79 Å². The van der Waals surface area contributed by atoms with Crippen molar-refractivity contribution in [1.82, 2.24) is 5.32 Å². The lowest BCUT2D eigenvalue weighted by Gasteiger charge is -2.02. The third-order valence-corrected chi connectivity index (χ3v) is 4.03. The largest absolute Gasteiger partial charge is 0.347 e. The van der Waals surface area contributed by atoms with Crippen molar-refractivity contribution in [3.8, 4) is 0 Å². The van der Waals surface area contributed by atoms with Crippen molar-refractivity contribution >= 4 is 40.4 Å². The third-order valence-electron chi connectivity index (χ3n) is 2.16. The molecule has 2 aromatic rings. The molecule has 2 rings (SSSR count). The fourth-order valence-electron chi connectivity index (χ4n) is 1.32. The van der Waals surface area contributed by atoms with Gasteiger partial charge in [0.05, 0.1) is 9.90 Å². The number of thiophene rings is 1. The van der Waals surface area contributed by atoms with Crippen molar-refractivity contribution in [1.29, 1.82) is 0 Å². The Morgan fingerprint density at radius 2 is 1.94 bits per heavy atom. The summed E-state index contributed by atoms with van der Waals surface area (Å²) < 4.78 is 0.441. The molecule has 0 atom stereocenters. The Balaban J connectivity index is 1.98.